The summed E-state index contributed by atoms with van der Waals surface area (Å²) in [6, 6.07) is 14.2. The fourth-order valence-corrected chi connectivity index (χ4v) is 4.60. The Bertz CT molecular complexity index is 1110. The summed E-state index contributed by atoms with van der Waals surface area (Å²) in [5, 5.41) is 1.30. The lowest BCUT2D eigenvalue weighted by Crippen LogP contribution is -2.40. The zero-order valence-electron chi connectivity index (χ0n) is 17.2. The van der Waals surface area contributed by atoms with Crippen LogP contribution in [0, 0.1) is 0 Å². The van der Waals surface area contributed by atoms with E-state index in [1.807, 2.05) is 36.1 Å². The second kappa shape index (κ2) is 7.90. The molecule has 154 valence electrons. The maximum atomic E-state index is 13.1. The predicted octanol–water partition coefficient (Wildman–Crippen LogP) is 4.75. The van der Waals surface area contributed by atoms with Gasteiger partial charge in [0.25, 0.3) is 5.91 Å². The number of para-hydroxylation sites is 2. The Hall–Kier alpha value is -3.21. The third kappa shape index (κ3) is 3.34. The standard InChI is InChI=1S/C25H26N2O3/c1-2-29-23-9-5-6-18-14-19(16-30-24(18)23)25(28)27-12-10-17(11-13-27)21-15-26-22-8-4-3-7-20(21)22/h3-9,14-15,17,26H,2,10-13,16H2,1H3. The SMILES string of the molecule is CCOc1cccc2c1OCC(C(=O)N1CCC(c3c[nH]c4ccccc34)CC1)=C2. The Labute approximate surface area is 176 Å². The van der Waals surface area contributed by atoms with Crippen molar-refractivity contribution >= 4 is 22.9 Å². The Morgan fingerprint density at radius 2 is 2.00 bits per heavy atom. The van der Waals surface area contributed by atoms with Crippen LogP contribution < -0.4 is 9.47 Å². The second-order valence-corrected chi connectivity index (χ2v) is 7.92. The van der Waals surface area contributed by atoms with Gasteiger partial charge < -0.3 is 19.4 Å². The summed E-state index contributed by atoms with van der Waals surface area (Å²) in [6.45, 7) is 4.37. The van der Waals surface area contributed by atoms with Gasteiger partial charge in [-0.1, -0.05) is 30.3 Å². The molecule has 2 aliphatic heterocycles. The highest BCUT2D eigenvalue weighted by Gasteiger charge is 2.29. The normalized spacial score (nSPS) is 16.7. The quantitative estimate of drug-likeness (QED) is 0.685. The number of amides is 1. The van der Waals surface area contributed by atoms with Crippen molar-refractivity contribution in [3.05, 3.63) is 65.4 Å². The third-order valence-electron chi connectivity index (χ3n) is 6.13. The monoisotopic (exact) mass is 402 g/mol. The molecule has 2 aliphatic rings. The lowest BCUT2D eigenvalue weighted by Gasteiger charge is -2.33. The summed E-state index contributed by atoms with van der Waals surface area (Å²) >= 11 is 0. The molecule has 2 aromatic carbocycles. The smallest absolute Gasteiger partial charge is 0.253 e. The molecule has 5 nitrogen and oxygen atoms in total. The van der Waals surface area contributed by atoms with E-state index in [-0.39, 0.29) is 12.5 Å². The van der Waals surface area contributed by atoms with Gasteiger partial charge in [0.05, 0.1) is 12.2 Å². The lowest BCUT2D eigenvalue weighted by atomic mass is 9.89. The van der Waals surface area contributed by atoms with Gasteiger partial charge in [0, 0.05) is 35.8 Å². The summed E-state index contributed by atoms with van der Waals surface area (Å²) in [4.78, 5) is 18.5. The molecule has 1 saturated heterocycles. The number of aromatic nitrogens is 1. The number of H-pyrrole nitrogens is 1. The van der Waals surface area contributed by atoms with Gasteiger partial charge >= 0.3 is 0 Å². The van der Waals surface area contributed by atoms with Crippen LogP contribution in [0.2, 0.25) is 0 Å². The fraction of sp³-hybridized carbons (Fsp3) is 0.320. The molecule has 0 aliphatic carbocycles. The number of aromatic amines is 1. The van der Waals surface area contributed by atoms with Gasteiger partial charge in [0.2, 0.25) is 0 Å². The maximum Gasteiger partial charge on any atom is 0.253 e. The van der Waals surface area contributed by atoms with Crippen LogP contribution in [0.25, 0.3) is 17.0 Å². The van der Waals surface area contributed by atoms with E-state index in [9.17, 15) is 4.79 Å². The van der Waals surface area contributed by atoms with Crippen LogP contribution in [0.4, 0.5) is 0 Å². The first-order valence-corrected chi connectivity index (χ1v) is 10.7. The van der Waals surface area contributed by atoms with E-state index in [4.69, 9.17) is 9.47 Å². The number of likely N-dealkylation sites (tertiary alicyclic amines) is 1. The molecule has 1 fully saturated rings. The zero-order valence-corrected chi connectivity index (χ0v) is 17.2. The first-order valence-electron chi connectivity index (χ1n) is 10.7. The van der Waals surface area contributed by atoms with Gasteiger partial charge in [0.15, 0.2) is 11.5 Å². The molecule has 0 radical (unpaired) electrons. The third-order valence-corrected chi connectivity index (χ3v) is 6.13. The Kier molecular flexibility index (Phi) is 4.95. The molecule has 1 aromatic heterocycles. The second-order valence-electron chi connectivity index (χ2n) is 7.92. The highest BCUT2D eigenvalue weighted by Crippen LogP contribution is 2.37. The fourth-order valence-electron chi connectivity index (χ4n) is 4.60. The molecular weight excluding hydrogens is 376 g/mol. The average molecular weight is 402 g/mol. The summed E-state index contributed by atoms with van der Waals surface area (Å²) in [5.41, 5.74) is 4.17. The number of benzene rings is 2. The Morgan fingerprint density at radius 3 is 2.83 bits per heavy atom. The van der Waals surface area contributed by atoms with Crippen LogP contribution in [-0.4, -0.2) is 42.1 Å². The van der Waals surface area contributed by atoms with Crippen LogP contribution in [-0.2, 0) is 4.79 Å². The number of ether oxygens (including phenoxy) is 2. The van der Waals surface area contributed by atoms with Crippen molar-refractivity contribution in [2.45, 2.75) is 25.7 Å². The van der Waals surface area contributed by atoms with Crippen LogP contribution in [0.5, 0.6) is 11.5 Å². The Balaban J connectivity index is 1.29. The summed E-state index contributed by atoms with van der Waals surface area (Å²) in [7, 11) is 0. The van der Waals surface area contributed by atoms with Crippen molar-refractivity contribution in [2.75, 3.05) is 26.3 Å². The molecule has 0 spiro atoms. The topological polar surface area (TPSA) is 54.6 Å². The minimum Gasteiger partial charge on any atom is -0.490 e. The minimum atomic E-state index is 0.0832. The van der Waals surface area contributed by atoms with Crippen molar-refractivity contribution in [3.8, 4) is 11.5 Å². The number of hydrogen-bond donors (Lipinski definition) is 1. The maximum absolute atomic E-state index is 13.1. The van der Waals surface area contributed by atoms with E-state index in [1.54, 1.807) is 0 Å². The number of piperidine rings is 1. The zero-order chi connectivity index (χ0) is 20.5. The lowest BCUT2D eigenvalue weighted by molar-refractivity contribution is -0.128. The van der Waals surface area contributed by atoms with Gasteiger partial charge in [-0.2, -0.15) is 0 Å². The summed E-state index contributed by atoms with van der Waals surface area (Å²) in [6.07, 6.45) is 6.05. The van der Waals surface area contributed by atoms with Crippen molar-refractivity contribution in [1.29, 1.82) is 0 Å². The van der Waals surface area contributed by atoms with E-state index in [2.05, 4.69) is 35.4 Å². The van der Waals surface area contributed by atoms with E-state index in [0.717, 1.165) is 43.0 Å². The van der Waals surface area contributed by atoms with E-state index in [1.165, 1.54) is 16.5 Å². The summed E-state index contributed by atoms with van der Waals surface area (Å²) in [5.74, 6) is 2.03. The average Bonchev–Trinajstić information content (AvgIpc) is 3.23. The number of nitrogens with zero attached hydrogens (tertiary/aromatic N) is 1. The molecule has 5 heteroatoms. The van der Waals surface area contributed by atoms with Crippen molar-refractivity contribution in [1.82, 2.24) is 9.88 Å². The largest absolute Gasteiger partial charge is 0.490 e. The molecule has 0 unspecified atom stereocenters. The molecule has 30 heavy (non-hydrogen) atoms. The first kappa shape index (κ1) is 18.8. The van der Waals surface area contributed by atoms with Crippen LogP contribution in [0.15, 0.2) is 54.2 Å². The van der Waals surface area contributed by atoms with Crippen LogP contribution in [0.3, 0.4) is 0 Å². The molecule has 3 heterocycles. The number of fused-ring (bicyclic) bond motifs is 2. The number of carbonyl (C=O) groups excluding carboxylic acids is 1. The van der Waals surface area contributed by atoms with Gasteiger partial charge in [-0.15, -0.1) is 0 Å². The molecule has 1 N–H and O–H groups in total. The molecule has 3 aromatic rings. The molecule has 0 atom stereocenters. The van der Waals surface area contributed by atoms with Gasteiger partial charge in [0.1, 0.15) is 6.61 Å². The number of carbonyl (C=O) groups is 1. The van der Waals surface area contributed by atoms with E-state index >= 15 is 0 Å². The van der Waals surface area contributed by atoms with Crippen molar-refractivity contribution < 1.29 is 14.3 Å². The summed E-state index contributed by atoms with van der Waals surface area (Å²) < 4.78 is 11.6. The van der Waals surface area contributed by atoms with Gasteiger partial charge in [-0.3, -0.25) is 4.79 Å². The predicted molar refractivity (Wildman–Crippen MR) is 118 cm³/mol. The minimum absolute atomic E-state index is 0.0832. The number of rotatable bonds is 4. The molecule has 5 rings (SSSR count). The van der Waals surface area contributed by atoms with Gasteiger partial charge in [-0.25, -0.2) is 0 Å². The number of hydrogen-bond acceptors (Lipinski definition) is 3. The highest BCUT2D eigenvalue weighted by atomic mass is 16.5. The van der Waals surface area contributed by atoms with Crippen molar-refractivity contribution in [3.63, 3.8) is 0 Å². The van der Waals surface area contributed by atoms with Crippen LogP contribution in [0.1, 0.15) is 36.8 Å². The molecule has 1 amide bonds. The first-order chi connectivity index (χ1) is 14.7. The molecular formula is C25H26N2O3. The van der Waals surface area contributed by atoms with Crippen molar-refractivity contribution in [2.24, 2.45) is 0 Å². The Morgan fingerprint density at radius 1 is 1.17 bits per heavy atom. The highest BCUT2D eigenvalue weighted by molar-refractivity contribution is 5.99. The number of nitrogens with one attached hydrogen (secondary N) is 1. The molecule has 0 saturated carbocycles. The van der Waals surface area contributed by atoms with Gasteiger partial charge in [-0.05, 0) is 49.5 Å². The molecule has 0 bridgehead atoms. The van der Waals surface area contributed by atoms with E-state index in [0.29, 0.717) is 18.1 Å². The van der Waals surface area contributed by atoms with Crippen LogP contribution >= 0.6 is 0 Å². The van der Waals surface area contributed by atoms with E-state index < -0.39 is 0 Å².